The summed E-state index contributed by atoms with van der Waals surface area (Å²) >= 11 is 14.4. The topological polar surface area (TPSA) is 639 Å². The maximum atomic E-state index is 16.4. The van der Waals surface area contributed by atoms with Crippen LogP contribution in [-0.2, 0) is 57.4 Å². The molecular weight excluding hydrogens is 1700 g/mol. The minimum Gasteiger partial charge on any atom is -0.508 e. The summed E-state index contributed by atoms with van der Waals surface area (Å²) in [4.78, 5) is 134. The molecule has 0 radical (unpaired) electrons. The number of aromatic hydroxyl groups is 3. The summed E-state index contributed by atoms with van der Waals surface area (Å²) in [6.07, 6.45) is -17.3. The van der Waals surface area contributed by atoms with Crippen molar-refractivity contribution in [3.8, 4) is 57.1 Å². The molecule has 0 aromatic heterocycles. The van der Waals surface area contributed by atoms with Gasteiger partial charge in [-0.1, -0.05) is 107 Å². The Morgan fingerprint density at radius 3 is 1.88 bits per heavy atom. The summed E-state index contributed by atoms with van der Waals surface area (Å²) in [7, 11) is 1.46. The average Bonchev–Trinajstić information content (AvgIpc) is 0.762. The lowest BCUT2D eigenvalue weighted by molar-refractivity contribution is -0.334. The molecule has 0 saturated carbocycles. The normalized spacial score (nSPS) is 27.0. The number of ether oxygens (including phenoxy) is 6. The van der Waals surface area contributed by atoms with E-state index in [1.54, 1.807) is 27.7 Å². The van der Waals surface area contributed by atoms with Crippen molar-refractivity contribution in [3.63, 3.8) is 0 Å². The van der Waals surface area contributed by atoms with Crippen LogP contribution in [0.15, 0.2) is 78.9 Å². The lowest BCUT2D eigenvalue weighted by Gasteiger charge is -2.48. The Balaban J connectivity index is 1.17. The van der Waals surface area contributed by atoms with E-state index >= 15 is 24.0 Å². The monoisotopic (exact) mass is 1810 g/mol. The molecule has 126 heavy (non-hydrogen) atoms. The largest absolute Gasteiger partial charge is 0.508 e. The van der Waals surface area contributed by atoms with E-state index in [0.717, 1.165) is 99.3 Å². The fraction of sp³-hybridized carbons (Fsp3) is 0.536. The van der Waals surface area contributed by atoms with Gasteiger partial charge in [0.2, 0.25) is 59.3 Å². The van der Waals surface area contributed by atoms with E-state index in [4.69, 9.17) is 57.4 Å². The standard InChI is InChI=1S/C84H111Cl2N11O29/c1-7-8-9-10-11-12-13-14-21-89-22-23-90-84(5)33-58(121-37(4)74(84)111)125-73-71(110)69(108)56(35-99)124-83(73)126-72-54-28-41-29-55(72)123-53-20-17-40(27-46(53)86)67(106)64-81(118)94-62(79(116)97-65(82(119)120)70(109)68(107)51(103)34-98)44-30-42(100)31-50(102)59(44)43-25-38(15-18-49(43)101)60(77(114)96-64)93-78(115)61(41)92-76(113)48(32-57(87)104)91-80(117)63(95-75(112)47(88-6)24-36(2)3)66(105)39-16-19-52(122-54)45(85)26-39/h15-20,25-31,36-37,47-48,51,56,58,60-71,73-74,83,88-90,98-103,105-111H,7-14,21-24,32-35H2,1-6H3,(H2,87,104)(H,91,117)(H,92,113)(H,93,115)(H,94,118)(H,95,112)(H,96,114)(H,97,116)(H,119,120)/t37-,47+,48-,51+,56+,58-,60+,61+,62-,63+,64-,65+,66+,67+,68+,69+,70+,71-,73+,74+,83-,84-/m0/s1. The summed E-state index contributed by atoms with van der Waals surface area (Å²) < 4.78 is 39.5. The van der Waals surface area contributed by atoms with Gasteiger partial charge in [0.15, 0.2) is 29.9 Å². The maximum absolute atomic E-state index is 16.4. The summed E-state index contributed by atoms with van der Waals surface area (Å²) in [5.41, 5.74) is 0.935. The van der Waals surface area contributed by atoms with Crippen molar-refractivity contribution in [1.29, 1.82) is 0 Å². The molecule has 11 bridgehead atoms. The molecule has 2 fully saturated rings. The summed E-state index contributed by atoms with van der Waals surface area (Å²) in [6, 6.07) is -4.92. The first kappa shape index (κ1) is 98.3. The summed E-state index contributed by atoms with van der Waals surface area (Å²) in [6.45, 7) is 8.41. The van der Waals surface area contributed by atoms with Crippen LogP contribution in [0.25, 0.3) is 11.1 Å². The number of hydrogen-bond donors (Lipinski definition) is 25. The van der Waals surface area contributed by atoms with E-state index in [2.05, 4.69) is 54.8 Å². The third kappa shape index (κ3) is 23.5. The number of rotatable bonds is 32. The number of aliphatic hydroxyl groups excluding tert-OH is 10. The second-order valence-corrected chi connectivity index (χ2v) is 33.3. The number of halogens is 2. The van der Waals surface area contributed by atoms with Gasteiger partial charge in [-0.25, -0.2) is 4.79 Å². The van der Waals surface area contributed by atoms with Crippen LogP contribution in [0.2, 0.25) is 10.0 Å². The molecule has 2 saturated heterocycles. The number of hydrogen-bond acceptors (Lipinski definition) is 31. The van der Waals surface area contributed by atoms with Crippen LogP contribution in [-0.4, -0.2) is 268 Å². The minimum atomic E-state index is -2.67. The van der Waals surface area contributed by atoms with Crippen molar-refractivity contribution in [3.05, 3.63) is 117 Å². The molecule has 7 heterocycles. The molecule has 5 aromatic carbocycles. The van der Waals surface area contributed by atoms with Crippen LogP contribution >= 0.6 is 23.2 Å². The lowest BCUT2D eigenvalue weighted by atomic mass is 9.85. The van der Waals surface area contributed by atoms with Crippen molar-refractivity contribution in [1.82, 2.24) is 53.2 Å². The van der Waals surface area contributed by atoms with Gasteiger partial charge < -0.3 is 159 Å². The number of aliphatic carboxylic acids is 1. The number of carbonyl (C=O) groups is 9. The highest BCUT2D eigenvalue weighted by atomic mass is 35.5. The number of carboxylic acid groups (broad SMARTS) is 1. The third-order valence-electron chi connectivity index (χ3n) is 22.6. The number of fused-ring (bicyclic) bond motifs is 15. The number of primary amides is 1. The second-order valence-electron chi connectivity index (χ2n) is 32.5. The van der Waals surface area contributed by atoms with Crippen molar-refractivity contribution in [2.75, 3.05) is 39.9 Å². The second kappa shape index (κ2) is 43.7. The van der Waals surface area contributed by atoms with Crippen molar-refractivity contribution < 1.29 is 143 Å². The SMILES string of the molecule is CCCCCCCCCCNCCN[C@@]1(C)C[C@H](O[C@H]2[C@H](Oc3c4cc5cc3Oc3ccc(cc3Cl)[C@@H](O)[C@@H](NC(=O)[C@@H](CC(C)C)NC)C(=O)N[C@@H](CC(N)=O)C(=O)N[C@H]5C(=O)N[C@H]3C(=O)N[C@H](C(=O)N[C@H](C(=O)N[C@@H](C(=O)O)[C@@H](O)[C@H](O)[C@H](O)CO)c5cc(O)cc(O)c5-c5cc3ccc5O)[C@H](O)c3ccc(c(Cl)c3)O4)O[C@H](CO)[C@@H](O)[C@@H]2O)O[C@@H](C)[C@H]1O. The van der Waals surface area contributed by atoms with Gasteiger partial charge in [-0.3, -0.25) is 38.4 Å². The first-order chi connectivity index (χ1) is 59.8. The highest BCUT2D eigenvalue weighted by molar-refractivity contribution is 6.32. The highest BCUT2D eigenvalue weighted by Crippen LogP contribution is 2.50. The number of phenolic OH excluding ortho intramolecular Hbond substituents is 3. The van der Waals surface area contributed by atoms with Crippen LogP contribution in [0.4, 0.5) is 0 Å². The van der Waals surface area contributed by atoms with Gasteiger partial charge in [-0.15, -0.1) is 0 Å². The van der Waals surface area contributed by atoms with Gasteiger partial charge in [-0.2, -0.15) is 0 Å². The van der Waals surface area contributed by atoms with Gasteiger partial charge >= 0.3 is 5.97 Å². The molecule has 690 valence electrons. The molecule has 8 amide bonds. The predicted octanol–water partition coefficient (Wildman–Crippen LogP) is 0.0272. The Morgan fingerprint density at radius 1 is 0.667 bits per heavy atom. The number of nitrogens with one attached hydrogen (secondary N) is 10. The number of amides is 8. The molecule has 40 nitrogen and oxygen atoms in total. The molecular formula is C84H111Cl2N11O29. The van der Waals surface area contributed by atoms with Gasteiger partial charge in [0.1, 0.15) is 114 Å². The molecule has 7 aliphatic rings. The fourth-order valence-electron chi connectivity index (χ4n) is 15.7. The molecule has 22 atom stereocenters. The molecule has 0 spiro atoms. The number of nitrogens with two attached hydrogens (primary N) is 1. The molecule has 0 aliphatic carbocycles. The number of carbonyl (C=O) groups excluding carboxylic acids is 8. The third-order valence-corrected chi connectivity index (χ3v) is 23.2. The van der Waals surface area contributed by atoms with Crippen molar-refractivity contribution >= 4 is 76.4 Å². The van der Waals surface area contributed by atoms with E-state index in [-0.39, 0.29) is 30.1 Å². The van der Waals surface area contributed by atoms with Crippen LogP contribution in [0.5, 0.6) is 46.0 Å². The van der Waals surface area contributed by atoms with Gasteiger partial charge in [0.05, 0.1) is 47.9 Å². The van der Waals surface area contributed by atoms with Crippen molar-refractivity contribution in [2.45, 2.75) is 239 Å². The zero-order chi connectivity index (χ0) is 92.0. The smallest absolute Gasteiger partial charge is 0.329 e. The highest BCUT2D eigenvalue weighted by Gasteiger charge is 2.53. The Kier molecular flexibility index (Phi) is 34.1. The van der Waals surface area contributed by atoms with Crippen LogP contribution in [0.3, 0.4) is 0 Å². The minimum absolute atomic E-state index is 0.133. The first-order valence-electron chi connectivity index (χ1n) is 41.4. The quantitative estimate of drug-likeness (QED) is 0.0253. The average molecular weight is 1810 g/mol. The van der Waals surface area contributed by atoms with E-state index in [0.29, 0.717) is 19.2 Å². The van der Waals surface area contributed by atoms with E-state index in [9.17, 15) is 90.7 Å². The van der Waals surface area contributed by atoms with Crippen LogP contribution in [0, 0.1) is 5.92 Å². The van der Waals surface area contributed by atoms with E-state index in [1.165, 1.54) is 38.4 Å². The molecule has 12 rings (SSSR count). The predicted molar refractivity (Wildman–Crippen MR) is 446 cm³/mol. The fourth-order valence-corrected chi connectivity index (χ4v) is 16.1. The van der Waals surface area contributed by atoms with Gasteiger partial charge in [-0.05, 0) is 129 Å². The Bertz CT molecular complexity index is 4730. The summed E-state index contributed by atoms with van der Waals surface area (Å²) in [5, 5.41) is 184. The zero-order valence-electron chi connectivity index (χ0n) is 69.7. The van der Waals surface area contributed by atoms with Crippen LogP contribution < -0.4 is 73.1 Å². The Morgan fingerprint density at radius 2 is 1.28 bits per heavy atom. The van der Waals surface area contributed by atoms with E-state index < -0.39 is 290 Å². The number of unbranched alkanes of at least 4 members (excludes halogenated alkanes) is 7. The molecule has 26 N–H and O–H groups in total. The molecule has 42 heteroatoms. The number of likely N-dealkylation sites (N-methyl/N-ethyl adjacent to an activating group) is 1. The molecule has 5 aromatic rings. The Labute approximate surface area is 733 Å². The maximum Gasteiger partial charge on any atom is 0.329 e. The number of carboxylic acids is 1. The van der Waals surface area contributed by atoms with Crippen LogP contribution in [0.1, 0.15) is 163 Å². The Hall–Kier alpha value is -9.93. The lowest BCUT2D eigenvalue weighted by Crippen LogP contribution is -2.65. The van der Waals surface area contributed by atoms with E-state index in [1.807, 2.05) is 5.32 Å². The van der Waals surface area contributed by atoms with Gasteiger partial charge in [0, 0.05) is 42.2 Å². The number of aliphatic hydroxyl groups is 10. The molecule has 7 aliphatic heterocycles. The summed E-state index contributed by atoms with van der Waals surface area (Å²) in [5.74, 6) is -19.2. The number of phenols is 3. The first-order valence-corrected chi connectivity index (χ1v) is 42.1. The molecule has 0 unspecified atom stereocenters. The zero-order valence-corrected chi connectivity index (χ0v) is 71.3. The van der Waals surface area contributed by atoms with Gasteiger partial charge in [0.25, 0.3) is 0 Å². The number of benzene rings is 5. The van der Waals surface area contributed by atoms with Crippen molar-refractivity contribution in [2.24, 2.45) is 11.7 Å².